The van der Waals surface area contributed by atoms with Crippen molar-refractivity contribution in [2.24, 2.45) is 5.41 Å². The van der Waals surface area contributed by atoms with E-state index in [1.54, 1.807) is 7.11 Å². The SMILES string of the molecule is CO[C]1[CH][CH][C@]2(C[CH]1)CCCN1C(=O)CCO[C@H]12.[C-]#[O+].[C-]#[O+].[C-]#[O+].[Fe]. The third-order valence-corrected chi connectivity index (χ3v) is 4.23. The molecule has 3 aliphatic rings. The van der Waals surface area contributed by atoms with Gasteiger partial charge in [-0.2, -0.15) is 0 Å². The van der Waals surface area contributed by atoms with Crippen molar-refractivity contribution in [3.63, 3.8) is 0 Å². The van der Waals surface area contributed by atoms with Crippen molar-refractivity contribution < 1.29 is 45.3 Å². The molecule has 0 unspecified atom stereocenters. The van der Waals surface area contributed by atoms with Crippen molar-refractivity contribution in [2.75, 3.05) is 20.3 Å². The number of rotatable bonds is 1. The van der Waals surface area contributed by atoms with E-state index in [2.05, 4.69) is 32.8 Å². The normalized spacial score (nSPS) is 23.7. The van der Waals surface area contributed by atoms with Gasteiger partial charge in [0.05, 0.1) is 13.0 Å². The first-order valence-electron chi connectivity index (χ1n) is 7.21. The van der Waals surface area contributed by atoms with Crippen LogP contribution in [0.15, 0.2) is 0 Å². The Kier molecular flexibility index (Phi) is 15.1. The minimum Gasteiger partial charge on any atom is 0 e. The minimum atomic E-state index is -0.0848. The van der Waals surface area contributed by atoms with Crippen molar-refractivity contribution >= 4 is 5.91 Å². The Hall–Kier alpha value is -0.871. The summed E-state index contributed by atoms with van der Waals surface area (Å²) in [7, 11) is 1.68. The van der Waals surface area contributed by atoms with Gasteiger partial charge in [-0.1, -0.05) is 0 Å². The van der Waals surface area contributed by atoms with Gasteiger partial charge in [0.1, 0.15) is 12.3 Å². The van der Waals surface area contributed by atoms with Crippen LogP contribution >= 0.6 is 0 Å². The molecule has 136 valence electrons. The van der Waals surface area contributed by atoms with Crippen molar-refractivity contribution in [1.29, 1.82) is 0 Å². The standard InChI is InChI=1S/C14H19NO3.3CO.Fe/c1-17-11-3-7-14(8-4-11)6-2-9-15-12(16)5-10-18-13(14)15;3*1-2;/h3-4,7,13H,2,5-6,8-10H2,1H3;;;;/t13-,14-;;;;/m0..../s1. The van der Waals surface area contributed by atoms with Crippen molar-refractivity contribution in [1.82, 2.24) is 4.90 Å². The molecule has 1 saturated carbocycles. The fraction of sp³-hybridized carbons (Fsp3) is 0.529. The number of hydrogen-bond donors (Lipinski definition) is 0. The summed E-state index contributed by atoms with van der Waals surface area (Å²) in [4.78, 5) is 13.9. The number of methoxy groups -OCH3 is 1. The second kappa shape index (κ2) is 14.3. The number of piperidine rings is 1. The zero-order valence-electron chi connectivity index (χ0n) is 13.8. The summed E-state index contributed by atoms with van der Waals surface area (Å²) >= 11 is 0. The summed E-state index contributed by atoms with van der Waals surface area (Å²) in [6.45, 7) is 14.9. The maximum Gasteiger partial charge on any atom is 0 e. The van der Waals surface area contributed by atoms with Crippen molar-refractivity contribution in [2.45, 2.75) is 31.9 Å². The number of ether oxygens (including phenoxy) is 2. The third-order valence-electron chi connectivity index (χ3n) is 4.23. The van der Waals surface area contributed by atoms with Crippen LogP contribution in [-0.4, -0.2) is 37.3 Å². The Balaban J connectivity index is 0. The number of nitrogens with zero attached hydrogens (tertiary/aromatic N) is 1. The summed E-state index contributed by atoms with van der Waals surface area (Å²) in [5.74, 6) is 0.236. The van der Waals surface area contributed by atoms with Gasteiger partial charge in [-0.25, -0.2) is 0 Å². The Morgan fingerprint density at radius 1 is 1.28 bits per heavy atom. The van der Waals surface area contributed by atoms with Gasteiger partial charge in [0.25, 0.3) is 0 Å². The van der Waals surface area contributed by atoms with Gasteiger partial charge in [0.15, 0.2) is 0 Å². The fourth-order valence-corrected chi connectivity index (χ4v) is 3.24. The van der Waals surface area contributed by atoms with Gasteiger partial charge >= 0.3 is 33.9 Å². The van der Waals surface area contributed by atoms with Crippen LogP contribution in [-0.2, 0) is 45.3 Å². The molecule has 4 radical (unpaired) electrons. The molecule has 2 saturated heterocycles. The molecule has 0 N–H and O–H groups in total. The predicted molar refractivity (Wildman–Crippen MR) is 77.3 cm³/mol. The molecule has 2 aliphatic heterocycles. The van der Waals surface area contributed by atoms with E-state index in [1.165, 1.54) is 0 Å². The second-order valence-corrected chi connectivity index (χ2v) is 5.25. The number of hydrogen-bond acceptors (Lipinski definition) is 3. The van der Waals surface area contributed by atoms with E-state index in [9.17, 15) is 4.79 Å². The topological polar surface area (TPSA) is 98.5 Å². The monoisotopic (exact) mass is 389 g/mol. The quantitative estimate of drug-likeness (QED) is 0.385. The summed E-state index contributed by atoms with van der Waals surface area (Å²) in [6, 6.07) is 0. The van der Waals surface area contributed by atoms with E-state index < -0.39 is 0 Å². The fourth-order valence-electron chi connectivity index (χ4n) is 3.24. The molecule has 0 aromatic rings. The number of carbonyl (C=O) groups excluding carboxylic acids is 1. The zero-order valence-corrected chi connectivity index (χ0v) is 14.9. The number of fused-ring (bicyclic) bond motifs is 2. The molecule has 1 spiro atoms. The molecule has 3 rings (SSSR count). The van der Waals surface area contributed by atoms with E-state index in [0.29, 0.717) is 13.0 Å². The van der Waals surface area contributed by atoms with Crippen LogP contribution in [0.4, 0.5) is 0 Å². The van der Waals surface area contributed by atoms with Gasteiger partial charge in [-0.3, -0.25) is 4.79 Å². The maximum atomic E-state index is 12.0. The molecule has 8 heteroatoms. The van der Waals surface area contributed by atoms with E-state index in [0.717, 1.165) is 31.9 Å². The largest absolute Gasteiger partial charge is 0 e. The van der Waals surface area contributed by atoms with Crippen LogP contribution in [0.3, 0.4) is 0 Å². The first-order chi connectivity index (χ1) is 11.7. The molecular formula is C17H19FeNO6. The summed E-state index contributed by atoms with van der Waals surface area (Å²) in [5.41, 5.74) is -0.0453. The van der Waals surface area contributed by atoms with Crippen LogP contribution < -0.4 is 0 Å². The Bertz CT molecular complexity index is 428. The molecule has 2 heterocycles. The third kappa shape index (κ3) is 6.41. The minimum absolute atomic E-state index is 0. The number of amides is 1. The van der Waals surface area contributed by atoms with Gasteiger partial charge in [0, 0.05) is 42.6 Å². The van der Waals surface area contributed by atoms with E-state index in [4.69, 9.17) is 23.4 Å². The van der Waals surface area contributed by atoms with Crippen LogP contribution in [0.1, 0.15) is 25.7 Å². The van der Waals surface area contributed by atoms with Gasteiger partial charge in [-0.05, 0) is 32.1 Å². The molecule has 0 bridgehead atoms. The Labute approximate surface area is 159 Å². The Morgan fingerprint density at radius 3 is 2.44 bits per heavy atom. The van der Waals surface area contributed by atoms with Crippen LogP contribution in [0.25, 0.3) is 0 Å². The van der Waals surface area contributed by atoms with Gasteiger partial charge < -0.3 is 14.4 Å². The zero-order chi connectivity index (χ0) is 18.6. The Morgan fingerprint density at radius 2 is 1.92 bits per heavy atom. The molecule has 2 atom stereocenters. The number of carbonyl (C=O) groups is 1. The average Bonchev–Trinajstić information content (AvgIpc) is 2.68. The van der Waals surface area contributed by atoms with Crippen LogP contribution in [0.5, 0.6) is 0 Å². The van der Waals surface area contributed by atoms with Crippen LogP contribution in [0.2, 0.25) is 0 Å². The second-order valence-electron chi connectivity index (χ2n) is 5.25. The molecular weight excluding hydrogens is 370 g/mol. The molecule has 0 aromatic carbocycles. The smallest absolute Gasteiger partial charge is 0 e. The predicted octanol–water partition coefficient (Wildman–Crippen LogP) is 1.42. The summed E-state index contributed by atoms with van der Waals surface area (Å²) in [6.07, 6.45) is 10.6. The summed E-state index contributed by atoms with van der Waals surface area (Å²) < 4.78 is 33.6. The average molecular weight is 389 g/mol. The molecule has 7 nitrogen and oxygen atoms in total. The van der Waals surface area contributed by atoms with E-state index >= 15 is 0 Å². The maximum absolute atomic E-state index is 12.0. The van der Waals surface area contributed by atoms with Crippen molar-refractivity contribution in [3.8, 4) is 0 Å². The molecule has 1 aliphatic carbocycles. The summed E-state index contributed by atoms with van der Waals surface area (Å²) in [5, 5.41) is 0. The van der Waals surface area contributed by atoms with Gasteiger partial charge in [-0.15, -0.1) is 0 Å². The first-order valence-corrected chi connectivity index (χ1v) is 7.21. The molecule has 0 aromatic heterocycles. The van der Waals surface area contributed by atoms with Crippen LogP contribution in [0, 0.1) is 50.7 Å². The molecule has 25 heavy (non-hydrogen) atoms. The van der Waals surface area contributed by atoms with E-state index in [1.807, 2.05) is 11.3 Å². The van der Waals surface area contributed by atoms with Gasteiger partial charge in [0.2, 0.25) is 5.91 Å². The van der Waals surface area contributed by atoms with E-state index in [-0.39, 0.29) is 34.6 Å². The first kappa shape index (κ1) is 26.4. The molecule has 1 amide bonds. The molecule has 3 fully saturated rings. The van der Waals surface area contributed by atoms with Crippen molar-refractivity contribution in [3.05, 3.63) is 45.3 Å².